The Kier molecular flexibility index (Phi) is 4.31. The highest BCUT2D eigenvalue weighted by atomic mass is 32.2. The van der Waals surface area contributed by atoms with Gasteiger partial charge in [0.25, 0.3) is 0 Å². The number of nitrogens with two attached hydrogens (primary N) is 1. The van der Waals surface area contributed by atoms with Gasteiger partial charge in [0, 0.05) is 19.8 Å². The van der Waals surface area contributed by atoms with Crippen molar-refractivity contribution >= 4 is 21.6 Å². The molecule has 1 aromatic rings. The van der Waals surface area contributed by atoms with E-state index in [2.05, 4.69) is 4.72 Å². The van der Waals surface area contributed by atoms with E-state index in [0.29, 0.717) is 5.69 Å². The van der Waals surface area contributed by atoms with Gasteiger partial charge in [-0.05, 0) is 31.2 Å². The molecule has 100 valence electrons. The molecule has 0 aromatic heterocycles. The number of amides is 1. The maximum Gasteiger partial charge on any atom is 0.241 e. The summed E-state index contributed by atoms with van der Waals surface area (Å²) < 4.78 is 26.2. The molecule has 0 heterocycles. The Morgan fingerprint density at radius 1 is 1.28 bits per heavy atom. The third-order valence-corrected chi connectivity index (χ3v) is 3.89. The molecule has 1 aromatic carbocycles. The molecule has 0 fully saturated rings. The predicted molar refractivity (Wildman–Crippen MR) is 69.3 cm³/mol. The van der Waals surface area contributed by atoms with E-state index >= 15 is 0 Å². The van der Waals surface area contributed by atoms with Gasteiger partial charge in [0.1, 0.15) is 0 Å². The second kappa shape index (κ2) is 5.36. The quantitative estimate of drug-likeness (QED) is 0.755. The molecule has 6 nitrogen and oxygen atoms in total. The van der Waals surface area contributed by atoms with E-state index in [9.17, 15) is 13.2 Å². The van der Waals surface area contributed by atoms with Crippen LogP contribution >= 0.6 is 0 Å². The van der Waals surface area contributed by atoms with Gasteiger partial charge in [-0.2, -0.15) is 4.72 Å². The molecule has 1 atom stereocenters. The number of anilines is 1. The average molecular weight is 271 g/mol. The first-order valence-corrected chi connectivity index (χ1v) is 6.81. The third-order valence-electron chi connectivity index (χ3n) is 2.33. The molecule has 0 spiro atoms. The normalized spacial score (nSPS) is 13.1. The van der Waals surface area contributed by atoms with Crippen molar-refractivity contribution in [3.05, 3.63) is 24.3 Å². The van der Waals surface area contributed by atoms with Crippen LogP contribution in [0.5, 0.6) is 0 Å². The fourth-order valence-electron chi connectivity index (χ4n) is 1.39. The summed E-state index contributed by atoms with van der Waals surface area (Å²) in [4.78, 5) is 13.0. The minimum atomic E-state index is -3.71. The lowest BCUT2D eigenvalue weighted by atomic mass is 10.3. The van der Waals surface area contributed by atoms with Crippen LogP contribution in [0.4, 0.5) is 5.69 Å². The Labute approximate surface area is 107 Å². The van der Waals surface area contributed by atoms with E-state index in [-0.39, 0.29) is 10.8 Å². The number of hydrogen-bond donors (Lipinski definition) is 2. The van der Waals surface area contributed by atoms with E-state index in [0.717, 1.165) is 0 Å². The van der Waals surface area contributed by atoms with Crippen LogP contribution in [0.2, 0.25) is 0 Å². The molecular weight excluding hydrogens is 254 g/mol. The number of carbonyl (C=O) groups excluding carboxylic acids is 1. The van der Waals surface area contributed by atoms with Crippen LogP contribution in [-0.2, 0) is 14.8 Å². The van der Waals surface area contributed by atoms with Crippen LogP contribution in [0.3, 0.4) is 0 Å². The number of nitrogens with zero attached hydrogens (tertiary/aromatic N) is 1. The average Bonchev–Trinajstić information content (AvgIpc) is 2.27. The monoisotopic (exact) mass is 271 g/mol. The molecule has 0 radical (unpaired) electrons. The summed E-state index contributed by atoms with van der Waals surface area (Å²) in [6.45, 7) is 1.50. The second-order valence-electron chi connectivity index (χ2n) is 4.14. The molecule has 18 heavy (non-hydrogen) atoms. The van der Waals surface area contributed by atoms with Gasteiger partial charge in [0.05, 0.1) is 10.9 Å². The molecular formula is C11H17N3O3S. The number of benzene rings is 1. The summed E-state index contributed by atoms with van der Waals surface area (Å²) in [7, 11) is -0.576. The van der Waals surface area contributed by atoms with Gasteiger partial charge in [-0.15, -0.1) is 0 Å². The highest BCUT2D eigenvalue weighted by Crippen LogP contribution is 2.12. The van der Waals surface area contributed by atoms with E-state index < -0.39 is 16.1 Å². The van der Waals surface area contributed by atoms with Crippen molar-refractivity contribution in [1.29, 1.82) is 0 Å². The first kappa shape index (κ1) is 14.5. The predicted octanol–water partition coefficient (Wildman–Crippen LogP) is 0.0238. The van der Waals surface area contributed by atoms with E-state index in [1.54, 1.807) is 14.1 Å². The second-order valence-corrected chi connectivity index (χ2v) is 5.86. The number of nitrogens with one attached hydrogen (secondary N) is 1. The minimum Gasteiger partial charge on any atom is -0.399 e. The molecule has 0 saturated heterocycles. The highest BCUT2D eigenvalue weighted by molar-refractivity contribution is 7.89. The molecule has 0 aliphatic rings. The van der Waals surface area contributed by atoms with Gasteiger partial charge in [0.2, 0.25) is 15.9 Å². The largest absolute Gasteiger partial charge is 0.399 e. The number of nitrogen functional groups attached to an aromatic ring is 1. The maximum atomic E-state index is 12.0. The van der Waals surface area contributed by atoms with Gasteiger partial charge in [-0.3, -0.25) is 4.79 Å². The van der Waals surface area contributed by atoms with Crippen LogP contribution in [0.25, 0.3) is 0 Å². The van der Waals surface area contributed by atoms with Gasteiger partial charge in [-0.1, -0.05) is 0 Å². The number of hydrogen-bond acceptors (Lipinski definition) is 4. The number of sulfonamides is 1. The van der Waals surface area contributed by atoms with E-state index in [4.69, 9.17) is 5.73 Å². The lowest BCUT2D eigenvalue weighted by Crippen LogP contribution is -2.44. The number of rotatable bonds is 4. The fraction of sp³-hybridized carbons (Fsp3) is 0.364. The number of likely N-dealkylation sites (N-methyl/N-ethyl adjacent to an activating group) is 1. The first-order chi connectivity index (χ1) is 8.24. The topological polar surface area (TPSA) is 92.5 Å². The zero-order valence-electron chi connectivity index (χ0n) is 10.5. The van der Waals surface area contributed by atoms with Crippen molar-refractivity contribution < 1.29 is 13.2 Å². The Bertz CT molecular complexity index is 523. The van der Waals surface area contributed by atoms with Crippen molar-refractivity contribution in [2.75, 3.05) is 19.8 Å². The first-order valence-electron chi connectivity index (χ1n) is 5.33. The molecule has 0 saturated carbocycles. The zero-order valence-corrected chi connectivity index (χ0v) is 11.4. The molecule has 1 amide bonds. The molecule has 3 N–H and O–H groups in total. The van der Waals surface area contributed by atoms with E-state index in [1.165, 1.54) is 36.1 Å². The van der Waals surface area contributed by atoms with Gasteiger partial charge in [0.15, 0.2) is 0 Å². The zero-order chi connectivity index (χ0) is 13.9. The van der Waals surface area contributed by atoms with Crippen molar-refractivity contribution in [3.63, 3.8) is 0 Å². The summed E-state index contributed by atoms with van der Waals surface area (Å²) in [5, 5.41) is 0. The molecule has 0 aliphatic carbocycles. The fourth-order valence-corrected chi connectivity index (χ4v) is 2.58. The molecule has 7 heteroatoms. The Hall–Kier alpha value is -1.60. The van der Waals surface area contributed by atoms with Gasteiger partial charge in [-0.25, -0.2) is 8.42 Å². The summed E-state index contributed by atoms with van der Waals surface area (Å²) in [5.74, 6) is -0.311. The third kappa shape index (κ3) is 3.44. The summed E-state index contributed by atoms with van der Waals surface area (Å²) in [6.07, 6.45) is 0. The number of carbonyl (C=O) groups is 1. The van der Waals surface area contributed by atoms with Crippen LogP contribution in [0.1, 0.15) is 6.92 Å². The van der Waals surface area contributed by atoms with Crippen LogP contribution < -0.4 is 10.5 Å². The smallest absolute Gasteiger partial charge is 0.241 e. The molecule has 0 bridgehead atoms. The standard InChI is InChI=1S/C11H17N3O3S/c1-8(11(15)14(2)3)13-18(16,17)10-6-4-9(12)5-7-10/h4-8,13H,12H2,1-3H3. The molecule has 1 rings (SSSR count). The van der Waals surface area contributed by atoms with Crippen LogP contribution in [-0.4, -0.2) is 39.4 Å². The van der Waals surface area contributed by atoms with Crippen molar-refractivity contribution in [1.82, 2.24) is 9.62 Å². The van der Waals surface area contributed by atoms with Crippen molar-refractivity contribution in [2.45, 2.75) is 17.9 Å². The van der Waals surface area contributed by atoms with Gasteiger partial charge < -0.3 is 10.6 Å². The Balaban J connectivity index is 2.89. The minimum absolute atomic E-state index is 0.0788. The molecule has 0 aliphatic heterocycles. The SMILES string of the molecule is CC(NS(=O)(=O)c1ccc(N)cc1)C(=O)N(C)C. The Morgan fingerprint density at radius 3 is 2.22 bits per heavy atom. The van der Waals surface area contributed by atoms with Crippen molar-refractivity contribution in [2.24, 2.45) is 0 Å². The van der Waals surface area contributed by atoms with Gasteiger partial charge >= 0.3 is 0 Å². The summed E-state index contributed by atoms with van der Waals surface area (Å²) >= 11 is 0. The molecule has 1 unspecified atom stereocenters. The lowest BCUT2D eigenvalue weighted by Gasteiger charge is -2.18. The van der Waals surface area contributed by atoms with Crippen LogP contribution in [0.15, 0.2) is 29.2 Å². The van der Waals surface area contributed by atoms with Crippen molar-refractivity contribution in [3.8, 4) is 0 Å². The Morgan fingerprint density at radius 2 is 1.78 bits per heavy atom. The summed E-state index contributed by atoms with van der Waals surface area (Å²) in [5.41, 5.74) is 5.96. The highest BCUT2D eigenvalue weighted by Gasteiger charge is 2.22. The van der Waals surface area contributed by atoms with E-state index in [1.807, 2.05) is 0 Å². The van der Waals surface area contributed by atoms with Crippen LogP contribution in [0, 0.1) is 0 Å². The summed E-state index contributed by atoms with van der Waals surface area (Å²) in [6, 6.07) is 4.96. The lowest BCUT2D eigenvalue weighted by molar-refractivity contribution is -0.130. The maximum absolute atomic E-state index is 12.0.